The first kappa shape index (κ1) is 16.5. The summed E-state index contributed by atoms with van der Waals surface area (Å²) in [7, 11) is 0. The van der Waals surface area contributed by atoms with Gasteiger partial charge >= 0.3 is 0 Å². The van der Waals surface area contributed by atoms with E-state index in [1.54, 1.807) is 17.5 Å². The summed E-state index contributed by atoms with van der Waals surface area (Å²) < 4.78 is 6.47. The largest absolute Gasteiger partial charge is 0.494 e. The lowest BCUT2D eigenvalue weighted by Gasteiger charge is -2.08. The number of hydrogen-bond acceptors (Lipinski definition) is 4. The summed E-state index contributed by atoms with van der Waals surface area (Å²) in [5.74, 6) is 0.192. The van der Waals surface area contributed by atoms with Crippen molar-refractivity contribution in [1.29, 1.82) is 0 Å². The minimum absolute atomic E-state index is 0.247. The average Bonchev–Trinajstić information content (AvgIpc) is 3.04. The van der Waals surface area contributed by atoms with Gasteiger partial charge in [0.05, 0.1) is 11.5 Å². The molecule has 0 unspecified atom stereocenters. The van der Waals surface area contributed by atoms with E-state index in [2.05, 4.69) is 26.8 Å². The number of carbonyl (C=O) groups excluding carboxylic acids is 2. The Hall–Kier alpha value is -1.86. The number of ether oxygens (including phenoxy) is 1. The van der Waals surface area contributed by atoms with Crippen molar-refractivity contribution in [2.24, 2.45) is 0 Å². The molecule has 0 saturated carbocycles. The maximum atomic E-state index is 11.6. The van der Waals surface area contributed by atoms with Crippen LogP contribution in [0.5, 0.6) is 5.75 Å². The average molecular weight is 383 g/mol. The molecule has 0 aliphatic heterocycles. The Morgan fingerprint density at radius 1 is 1.18 bits per heavy atom. The van der Waals surface area contributed by atoms with Crippen molar-refractivity contribution in [1.82, 2.24) is 10.9 Å². The highest BCUT2D eigenvalue weighted by atomic mass is 79.9. The van der Waals surface area contributed by atoms with Gasteiger partial charge in [-0.25, -0.2) is 0 Å². The van der Waals surface area contributed by atoms with Crippen LogP contribution in [-0.2, 0) is 4.79 Å². The maximum absolute atomic E-state index is 11.6. The molecular formula is C15H15BrN2O3S. The molecule has 0 fully saturated rings. The van der Waals surface area contributed by atoms with Gasteiger partial charge in [-0.05, 0) is 36.1 Å². The third kappa shape index (κ3) is 5.50. The molecular weight excluding hydrogens is 368 g/mol. The number of hydrazine groups is 1. The van der Waals surface area contributed by atoms with Crippen LogP contribution in [-0.4, -0.2) is 18.4 Å². The molecule has 2 aromatic rings. The lowest BCUT2D eigenvalue weighted by atomic mass is 10.3. The Balaban J connectivity index is 1.61. The fraction of sp³-hybridized carbons (Fsp3) is 0.200. The molecule has 5 nitrogen and oxygen atoms in total. The van der Waals surface area contributed by atoms with Crippen LogP contribution in [0.1, 0.15) is 22.5 Å². The fourth-order valence-corrected chi connectivity index (χ4v) is 2.64. The molecule has 2 N–H and O–H groups in total. The van der Waals surface area contributed by atoms with Gasteiger partial charge in [-0.1, -0.05) is 28.1 Å². The highest BCUT2D eigenvalue weighted by molar-refractivity contribution is 9.10. The van der Waals surface area contributed by atoms with Crippen LogP contribution in [0.2, 0.25) is 0 Å². The van der Waals surface area contributed by atoms with E-state index in [1.165, 1.54) is 11.3 Å². The molecule has 0 spiro atoms. The topological polar surface area (TPSA) is 67.4 Å². The zero-order valence-corrected chi connectivity index (χ0v) is 14.1. The van der Waals surface area contributed by atoms with Gasteiger partial charge in [0.15, 0.2) is 0 Å². The van der Waals surface area contributed by atoms with Crippen LogP contribution in [0.3, 0.4) is 0 Å². The van der Waals surface area contributed by atoms with Crippen molar-refractivity contribution in [3.63, 3.8) is 0 Å². The molecule has 1 aromatic carbocycles. The molecule has 0 aliphatic rings. The molecule has 7 heteroatoms. The molecule has 0 radical (unpaired) electrons. The monoisotopic (exact) mass is 382 g/mol. The molecule has 0 bridgehead atoms. The van der Waals surface area contributed by atoms with E-state index in [9.17, 15) is 9.59 Å². The summed E-state index contributed by atoms with van der Waals surface area (Å²) in [4.78, 5) is 23.8. The van der Waals surface area contributed by atoms with Gasteiger partial charge < -0.3 is 4.74 Å². The number of benzene rings is 1. The smallest absolute Gasteiger partial charge is 0.279 e. The van der Waals surface area contributed by atoms with E-state index >= 15 is 0 Å². The van der Waals surface area contributed by atoms with Crippen molar-refractivity contribution in [2.75, 3.05) is 6.61 Å². The first-order chi connectivity index (χ1) is 10.6. The summed E-state index contributed by atoms with van der Waals surface area (Å²) in [5.41, 5.74) is 4.76. The van der Waals surface area contributed by atoms with Gasteiger partial charge in [-0.2, -0.15) is 0 Å². The first-order valence-electron chi connectivity index (χ1n) is 6.66. The predicted octanol–water partition coefficient (Wildman–Crippen LogP) is 3.13. The number of nitrogens with one attached hydrogen (secondary N) is 2. The van der Waals surface area contributed by atoms with E-state index in [0.717, 1.165) is 10.2 Å². The third-order valence-electron chi connectivity index (χ3n) is 2.67. The fourth-order valence-electron chi connectivity index (χ4n) is 1.64. The minimum atomic E-state index is -0.311. The Morgan fingerprint density at radius 3 is 2.77 bits per heavy atom. The predicted molar refractivity (Wildman–Crippen MR) is 88.8 cm³/mol. The summed E-state index contributed by atoms with van der Waals surface area (Å²) in [5, 5.41) is 1.80. The van der Waals surface area contributed by atoms with E-state index < -0.39 is 0 Å². The van der Waals surface area contributed by atoms with E-state index in [-0.39, 0.29) is 18.2 Å². The molecule has 1 heterocycles. The van der Waals surface area contributed by atoms with E-state index in [1.807, 2.05) is 24.3 Å². The first-order valence-corrected chi connectivity index (χ1v) is 8.33. The van der Waals surface area contributed by atoms with Crippen LogP contribution in [0.25, 0.3) is 0 Å². The summed E-state index contributed by atoms with van der Waals surface area (Å²) in [6.07, 6.45) is 0.839. The van der Waals surface area contributed by atoms with E-state index in [4.69, 9.17) is 4.74 Å². The SMILES string of the molecule is O=C(CCCOc1cccc(Br)c1)NNC(=O)c1cccs1. The summed E-state index contributed by atoms with van der Waals surface area (Å²) in [6.45, 7) is 0.433. The van der Waals surface area contributed by atoms with Gasteiger partial charge in [0.2, 0.25) is 5.91 Å². The Kier molecular flexibility index (Phi) is 6.42. The highest BCUT2D eigenvalue weighted by Crippen LogP contribution is 2.17. The number of rotatable bonds is 6. The summed E-state index contributed by atoms with van der Waals surface area (Å²) >= 11 is 4.68. The van der Waals surface area contributed by atoms with Gasteiger partial charge in [0.1, 0.15) is 5.75 Å². The second-order valence-corrected chi connectivity index (χ2v) is 6.25. The molecule has 1 aromatic heterocycles. The van der Waals surface area contributed by atoms with Crippen LogP contribution >= 0.6 is 27.3 Å². The van der Waals surface area contributed by atoms with Crippen molar-refractivity contribution < 1.29 is 14.3 Å². The van der Waals surface area contributed by atoms with Crippen molar-refractivity contribution >= 4 is 39.1 Å². The van der Waals surface area contributed by atoms with Gasteiger partial charge in [0.25, 0.3) is 5.91 Å². The van der Waals surface area contributed by atoms with Crippen LogP contribution in [0, 0.1) is 0 Å². The lowest BCUT2D eigenvalue weighted by Crippen LogP contribution is -2.41. The number of thiophene rings is 1. The molecule has 0 aliphatic carbocycles. The number of halogens is 1. The summed E-state index contributed by atoms with van der Waals surface area (Å²) in [6, 6.07) is 11.0. The van der Waals surface area contributed by atoms with Crippen LogP contribution < -0.4 is 15.6 Å². The van der Waals surface area contributed by atoms with Crippen LogP contribution in [0.4, 0.5) is 0 Å². The zero-order chi connectivity index (χ0) is 15.8. The van der Waals surface area contributed by atoms with Gasteiger partial charge in [-0.15, -0.1) is 11.3 Å². The molecule has 2 amide bonds. The molecule has 116 valence electrons. The number of hydrogen-bond donors (Lipinski definition) is 2. The normalized spacial score (nSPS) is 10.0. The second kappa shape index (κ2) is 8.55. The maximum Gasteiger partial charge on any atom is 0.279 e. The number of carbonyl (C=O) groups is 2. The number of amides is 2. The molecule has 0 atom stereocenters. The van der Waals surface area contributed by atoms with Gasteiger partial charge in [-0.3, -0.25) is 20.4 Å². The zero-order valence-electron chi connectivity index (χ0n) is 11.7. The Labute approximate surface area is 140 Å². The van der Waals surface area contributed by atoms with E-state index in [0.29, 0.717) is 17.9 Å². The van der Waals surface area contributed by atoms with Gasteiger partial charge in [0, 0.05) is 10.9 Å². The minimum Gasteiger partial charge on any atom is -0.494 e. The quantitative estimate of drug-likeness (QED) is 0.595. The molecule has 0 saturated heterocycles. The molecule has 2 rings (SSSR count). The highest BCUT2D eigenvalue weighted by Gasteiger charge is 2.07. The van der Waals surface area contributed by atoms with Crippen molar-refractivity contribution in [3.8, 4) is 5.75 Å². The Bertz CT molecular complexity index is 631. The lowest BCUT2D eigenvalue weighted by molar-refractivity contribution is -0.122. The van der Waals surface area contributed by atoms with Crippen molar-refractivity contribution in [2.45, 2.75) is 12.8 Å². The Morgan fingerprint density at radius 2 is 2.05 bits per heavy atom. The van der Waals surface area contributed by atoms with Crippen molar-refractivity contribution in [3.05, 3.63) is 51.1 Å². The molecule has 22 heavy (non-hydrogen) atoms. The van der Waals surface area contributed by atoms with Crippen LogP contribution in [0.15, 0.2) is 46.3 Å². The standard InChI is InChI=1S/C15H15BrN2O3S/c16-11-4-1-5-12(10-11)21-8-2-7-14(19)17-18-15(20)13-6-3-9-22-13/h1,3-6,9-10H,2,7-8H2,(H,17,19)(H,18,20). The second-order valence-electron chi connectivity index (χ2n) is 4.39. The third-order valence-corrected chi connectivity index (χ3v) is 4.04.